The molecule has 140 valence electrons. The summed E-state index contributed by atoms with van der Waals surface area (Å²) in [6.45, 7) is 5.23. The Labute approximate surface area is 160 Å². The van der Waals surface area contributed by atoms with Crippen LogP contribution in [0.5, 0.6) is 11.5 Å². The molecule has 4 nitrogen and oxygen atoms in total. The molecule has 5 heteroatoms. The first-order valence-corrected chi connectivity index (χ1v) is 9.81. The number of methoxy groups -OCH3 is 1. The highest BCUT2D eigenvalue weighted by molar-refractivity contribution is 8.00. The number of rotatable bonds is 10. The van der Waals surface area contributed by atoms with Crippen LogP contribution in [0, 0.1) is 0 Å². The molecular formula is C21H27NO3S. The summed E-state index contributed by atoms with van der Waals surface area (Å²) in [6.07, 6.45) is 1.77. The maximum absolute atomic E-state index is 12.3. The van der Waals surface area contributed by atoms with E-state index >= 15 is 0 Å². The summed E-state index contributed by atoms with van der Waals surface area (Å²) in [7, 11) is 1.64. The molecule has 26 heavy (non-hydrogen) atoms. The van der Waals surface area contributed by atoms with Crippen molar-refractivity contribution in [3.8, 4) is 11.5 Å². The van der Waals surface area contributed by atoms with Crippen LogP contribution in [0.4, 0.5) is 0 Å². The normalized spacial score (nSPS) is 11.7. The molecule has 0 fully saturated rings. The zero-order valence-corrected chi connectivity index (χ0v) is 16.5. The molecule has 0 unspecified atom stereocenters. The Morgan fingerprint density at radius 2 is 1.88 bits per heavy atom. The van der Waals surface area contributed by atoms with Crippen LogP contribution in [0.2, 0.25) is 0 Å². The van der Waals surface area contributed by atoms with Gasteiger partial charge in [-0.25, -0.2) is 0 Å². The number of hydrogen-bond acceptors (Lipinski definition) is 4. The van der Waals surface area contributed by atoms with Crippen molar-refractivity contribution in [3.05, 3.63) is 54.1 Å². The van der Waals surface area contributed by atoms with Gasteiger partial charge < -0.3 is 14.8 Å². The van der Waals surface area contributed by atoms with Crippen LogP contribution < -0.4 is 14.8 Å². The summed E-state index contributed by atoms with van der Waals surface area (Å²) in [5.41, 5.74) is 1.18. The van der Waals surface area contributed by atoms with Crippen LogP contribution in [0.3, 0.4) is 0 Å². The summed E-state index contributed by atoms with van der Waals surface area (Å²) in [4.78, 5) is 13.3. The standard InChI is InChI=1S/C21H27NO3S/c1-4-25-20-10-6-5-8-17(20)9-7-15-22-21(23)16(2)26-19-13-11-18(24-3)12-14-19/h5-6,8,10-14,16H,4,7,9,15H2,1-3H3,(H,22,23)/t16-/m1/s1. The average Bonchev–Trinajstić information content (AvgIpc) is 2.67. The largest absolute Gasteiger partial charge is 0.497 e. The van der Waals surface area contributed by atoms with Crippen molar-refractivity contribution in [1.82, 2.24) is 5.32 Å². The molecule has 0 aliphatic heterocycles. The van der Waals surface area contributed by atoms with E-state index in [-0.39, 0.29) is 11.2 Å². The van der Waals surface area contributed by atoms with E-state index in [0.29, 0.717) is 13.2 Å². The fourth-order valence-corrected chi connectivity index (χ4v) is 3.44. The van der Waals surface area contributed by atoms with Crippen molar-refractivity contribution in [3.63, 3.8) is 0 Å². The number of benzene rings is 2. The molecule has 1 amide bonds. The Hall–Kier alpha value is -2.14. The van der Waals surface area contributed by atoms with Crippen molar-refractivity contribution < 1.29 is 14.3 Å². The van der Waals surface area contributed by atoms with Crippen molar-refractivity contribution in [1.29, 1.82) is 0 Å². The van der Waals surface area contributed by atoms with Crippen LogP contribution in [0.15, 0.2) is 53.4 Å². The quantitative estimate of drug-likeness (QED) is 0.498. The van der Waals surface area contributed by atoms with Crippen molar-refractivity contribution in [2.75, 3.05) is 20.3 Å². The van der Waals surface area contributed by atoms with E-state index in [0.717, 1.165) is 29.2 Å². The van der Waals surface area contributed by atoms with Gasteiger partial charge in [-0.2, -0.15) is 0 Å². The first-order chi connectivity index (χ1) is 12.6. The summed E-state index contributed by atoms with van der Waals surface area (Å²) in [6, 6.07) is 15.8. The lowest BCUT2D eigenvalue weighted by Crippen LogP contribution is -2.31. The smallest absolute Gasteiger partial charge is 0.233 e. The van der Waals surface area contributed by atoms with Gasteiger partial charge in [0.1, 0.15) is 11.5 Å². The van der Waals surface area contributed by atoms with Crippen molar-refractivity contribution in [2.45, 2.75) is 36.8 Å². The molecule has 1 N–H and O–H groups in total. The molecular weight excluding hydrogens is 346 g/mol. The van der Waals surface area contributed by atoms with Gasteiger partial charge in [0.2, 0.25) is 5.91 Å². The van der Waals surface area contributed by atoms with Crippen molar-refractivity contribution in [2.24, 2.45) is 0 Å². The number of aryl methyl sites for hydroxylation is 1. The van der Waals surface area contributed by atoms with E-state index in [1.54, 1.807) is 18.9 Å². The number of nitrogens with one attached hydrogen (secondary N) is 1. The zero-order valence-electron chi connectivity index (χ0n) is 15.7. The van der Waals surface area contributed by atoms with Gasteiger partial charge in [0, 0.05) is 11.4 Å². The lowest BCUT2D eigenvalue weighted by molar-refractivity contribution is -0.120. The van der Waals surface area contributed by atoms with Crippen molar-refractivity contribution >= 4 is 17.7 Å². The second kappa shape index (κ2) is 10.8. The lowest BCUT2D eigenvalue weighted by Gasteiger charge is -2.13. The van der Waals surface area contributed by atoms with Crippen LogP contribution in [-0.2, 0) is 11.2 Å². The second-order valence-electron chi connectivity index (χ2n) is 5.87. The van der Waals surface area contributed by atoms with Crippen LogP contribution in [-0.4, -0.2) is 31.4 Å². The Kier molecular flexibility index (Phi) is 8.35. The van der Waals surface area contributed by atoms with Gasteiger partial charge in [0.05, 0.1) is 19.0 Å². The summed E-state index contributed by atoms with van der Waals surface area (Å²) < 4.78 is 10.8. The minimum absolute atomic E-state index is 0.0592. The van der Waals surface area contributed by atoms with Gasteiger partial charge >= 0.3 is 0 Å². The maximum atomic E-state index is 12.3. The average molecular weight is 374 g/mol. The molecule has 0 saturated heterocycles. The van der Waals surface area contributed by atoms with Crippen LogP contribution in [0.1, 0.15) is 25.8 Å². The Bertz CT molecular complexity index is 688. The van der Waals surface area contributed by atoms with E-state index < -0.39 is 0 Å². The number of carbonyl (C=O) groups is 1. The highest BCUT2D eigenvalue weighted by Crippen LogP contribution is 2.25. The Balaban J connectivity index is 1.74. The second-order valence-corrected chi connectivity index (χ2v) is 7.29. The topological polar surface area (TPSA) is 47.6 Å². The fourth-order valence-electron chi connectivity index (χ4n) is 2.55. The van der Waals surface area contributed by atoms with Gasteiger partial charge in [-0.1, -0.05) is 18.2 Å². The van der Waals surface area contributed by atoms with Gasteiger partial charge in [-0.05, 0) is 62.6 Å². The highest BCUT2D eigenvalue weighted by atomic mass is 32.2. The van der Waals surface area contributed by atoms with E-state index in [4.69, 9.17) is 9.47 Å². The van der Waals surface area contributed by atoms with E-state index in [9.17, 15) is 4.79 Å². The predicted molar refractivity (Wildman–Crippen MR) is 107 cm³/mol. The van der Waals surface area contributed by atoms with Gasteiger partial charge in [-0.3, -0.25) is 4.79 Å². The monoisotopic (exact) mass is 373 g/mol. The first kappa shape index (κ1) is 20.2. The SMILES string of the molecule is CCOc1ccccc1CCCNC(=O)[C@@H](C)Sc1ccc(OC)cc1. The molecule has 2 aromatic rings. The number of hydrogen-bond donors (Lipinski definition) is 1. The lowest BCUT2D eigenvalue weighted by atomic mass is 10.1. The molecule has 0 aliphatic carbocycles. The first-order valence-electron chi connectivity index (χ1n) is 8.93. The van der Waals surface area contributed by atoms with E-state index in [1.807, 2.05) is 56.3 Å². The Morgan fingerprint density at radius 3 is 2.58 bits per heavy atom. The number of para-hydroxylation sites is 1. The summed E-state index contributed by atoms with van der Waals surface area (Å²) in [5, 5.41) is 2.88. The number of amides is 1. The van der Waals surface area contributed by atoms with Gasteiger partial charge in [-0.15, -0.1) is 11.8 Å². The highest BCUT2D eigenvalue weighted by Gasteiger charge is 2.14. The molecule has 2 rings (SSSR count). The molecule has 0 aliphatic rings. The molecule has 0 heterocycles. The van der Waals surface area contributed by atoms with E-state index in [2.05, 4.69) is 11.4 Å². The maximum Gasteiger partial charge on any atom is 0.233 e. The number of ether oxygens (including phenoxy) is 2. The van der Waals surface area contributed by atoms with Crippen LogP contribution >= 0.6 is 11.8 Å². The number of carbonyl (C=O) groups excluding carboxylic acids is 1. The molecule has 2 aromatic carbocycles. The minimum Gasteiger partial charge on any atom is -0.497 e. The molecule has 0 bridgehead atoms. The van der Waals surface area contributed by atoms with Gasteiger partial charge in [0.25, 0.3) is 0 Å². The minimum atomic E-state index is -0.140. The molecule has 1 atom stereocenters. The third kappa shape index (κ3) is 6.30. The summed E-state index contributed by atoms with van der Waals surface area (Å²) >= 11 is 1.55. The molecule has 0 saturated carbocycles. The van der Waals surface area contributed by atoms with E-state index in [1.165, 1.54) is 5.56 Å². The third-order valence-electron chi connectivity index (χ3n) is 3.94. The molecule has 0 radical (unpaired) electrons. The predicted octanol–water partition coefficient (Wildman–Crippen LogP) is 4.32. The third-order valence-corrected chi connectivity index (χ3v) is 5.05. The van der Waals surface area contributed by atoms with Crippen LogP contribution in [0.25, 0.3) is 0 Å². The zero-order chi connectivity index (χ0) is 18.8. The fraction of sp³-hybridized carbons (Fsp3) is 0.381. The van der Waals surface area contributed by atoms with Gasteiger partial charge in [0.15, 0.2) is 0 Å². The molecule has 0 spiro atoms. The summed E-state index contributed by atoms with van der Waals surface area (Å²) in [5.74, 6) is 1.81. The Morgan fingerprint density at radius 1 is 1.15 bits per heavy atom. The number of thioether (sulfide) groups is 1. The molecule has 0 aromatic heterocycles.